The maximum Gasteiger partial charge on any atom is 0.165 e. The first-order chi connectivity index (χ1) is 9.70. The normalized spacial score (nSPS) is 12.6. The molecule has 2 nitrogen and oxygen atoms in total. The molecule has 1 N–H and O–H groups in total. The predicted octanol–water partition coefficient (Wildman–Crippen LogP) is 4.13. The van der Waals surface area contributed by atoms with E-state index in [2.05, 4.69) is 0 Å². The Morgan fingerprint density at radius 2 is 2.00 bits per heavy atom. The third kappa shape index (κ3) is 2.17. The highest BCUT2D eigenvalue weighted by Gasteiger charge is 2.16. The summed E-state index contributed by atoms with van der Waals surface area (Å²) < 4.78 is 19.5. The minimum atomic E-state index is -0.791. The van der Waals surface area contributed by atoms with Gasteiger partial charge in [0.15, 0.2) is 11.6 Å². The largest absolute Gasteiger partial charge is 0.494 e. The van der Waals surface area contributed by atoms with Crippen molar-refractivity contribution in [3.63, 3.8) is 0 Å². The fourth-order valence-corrected chi connectivity index (χ4v) is 3.22. The molecule has 0 amide bonds. The number of hydrogen-bond acceptors (Lipinski definition) is 3. The van der Waals surface area contributed by atoms with Gasteiger partial charge in [0, 0.05) is 10.3 Å². The van der Waals surface area contributed by atoms with Crippen LogP contribution >= 0.6 is 11.3 Å². The van der Waals surface area contributed by atoms with Gasteiger partial charge in [-0.05, 0) is 34.5 Å². The molecule has 1 heterocycles. The van der Waals surface area contributed by atoms with E-state index in [1.165, 1.54) is 19.2 Å². The van der Waals surface area contributed by atoms with E-state index in [0.29, 0.717) is 5.56 Å². The van der Waals surface area contributed by atoms with Crippen LogP contribution in [0.2, 0.25) is 0 Å². The summed E-state index contributed by atoms with van der Waals surface area (Å²) in [5, 5.41) is 13.5. The van der Waals surface area contributed by atoms with Crippen LogP contribution in [0.15, 0.2) is 47.8 Å². The number of aliphatic hydroxyl groups excluding tert-OH is 1. The first-order valence-electron chi connectivity index (χ1n) is 6.18. The molecule has 20 heavy (non-hydrogen) atoms. The summed E-state index contributed by atoms with van der Waals surface area (Å²) in [6, 6.07) is 12.3. The lowest BCUT2D eigenvalue weighted by molar-refractivity contribution is 0.221. The van der Waals surface area contributed by atoms with E-state index in [-0.39, 0.29) is 5.75 Å². The zero-order valence-electron chi connectivity index (χ0n) is 10.8. The zero-order valence-corrected chi connectivity index (χ0v) is 11.7. The van der Waals surface area contributed by atoms with Gasteiger partial charge in [0.1, 0.15) is 6.10 Å². The Morgan fingerprint density at radius 1 is 1.20 bits per heavy atom. The predicted molar refractivity (Wildman–Crippen MR) is 78.8 cm³/mol. The van der Waals surface area contributed by atoms with Crippen molar-refractivity contribution in [2.24, 2.45) is 0 Å². The summed E-state index contributed by atoms with van der Waals surface area (Å²) in [7, 11) is 1.41. The Bertz CT molecular complexity index is 751. The van der Waals surface area contributed by atoms with Crippen LogP contribution in [-0.4, -0.2) is 12.2 Å². The van der Waals surface area contributed by atoms with Crippen molar-refractivity contribution in [2.45, 2.75) is 6.10 Å². The summed E-state index contributed by atoms with van der Waals surface area (Å²) in [5.74, 6) is -0.292. The van der Waals surface area contributed by atoms with Gasteiger partial charge in [0.05, 0.1) is 7.11 Å². The van der Waals surface area contributed by atoms with E-state index in [0.717, 1.165) is 15.6 Å². The minimum absolute atomic E-state index is 0.140. The van der Waals surface area contributed by atoms with Gasteiger partial charge in [-0.25, -0.2) is 4.39 Å². The molecule has 0 saturated carbocycles. The van der Waals surface area contributed by atoms with Gasteiger partial charge >= 0.3 is 0 Å². The number of ether oxygens (including phenoxy) is 1. The SMILES string of the molecule is COc1cc(C(O)c2csc3ccccc23)ccc1F. The number of halogens is 1. The average Bonchev–Trinajstić information content (AvgIpc) is 2.91. The van der Waals surface area contributed by atoms with Gasteiger partial charge in [0.2, 0.25) is 0 Å². The van der Waals surface area contributed by atoms with Crippen molar-refractivity contribution < 1.29 is 14.2 Å². The van der Waals surface area contributed by atoms with Crippen LogP contribution in [0, 0.1) is 5.82 Å². The molecule has 0 aliphatic rings. The molecule has 1 aromatic heterocycles. The Kier molecular flexibility index (Phi) is 3.42. The second-order valence-electron chi connectivity index (χ2n) is 4.48. The average molecular weight is 288 g/mol. The van der Waals surface area contributed by atoms with Crippen molar-refractivity contribution in [2.75, 3.05) is 7.11 Å². The van der Waals surface area contributed by atoms with Crippen molar-refractivity contribution in [1.29, 1.82) is 0 Å². The summed E-state index contributed by atoms with van der Waals surface area (Å²) in [6.45, 7) is 0. The van der Waals surface area contributed by atoms with Crippen LogP contribution in [0.25, 0.3) is 10.1 Å². The van der Waals surface area contributed by atoms with E-state index in [9.17, 15) is 9.50 Å². The van der Waals surface area contributed by atoms with Crippen LogP contribution in [0.3, 0.4) is 0 Å². The molecular weight excluding hydrogens is 275 g/mol. The maximum absolute atomic E-state index is 13.4. The first-order valence-corrected chi connectivity index (χ1v) is 7.06. The van der Waals surface area contributed by atoms with Gasteiger partial charge in [-0.15, -0.1) is 11.3 Å². The molecule has 0 bridgehead atoms. The minimum Gasteiger partial charge on any atom is -0.494 e. The van der Waals surface area contributed by atoms with Gasteiger partial charge in [-0.1, -0.05) is 24.3 Å². The number of aliphatic hydroxyl groups is 1. The fourth-order valence-electron chi connectivity index (χ4n) is 2.24. The molecule has 0 radical (unpaired) electrons. The van der Waals surface area contributed by atoms with Crippen LogP contribution in [0.4, 0.5) is 4.39 Å². The monoisotopic (exact) mass is 288 g/mol. The van der Waals surface area contributed by atoms with E-state index < -0.39 is 11.9 Å². The molecular formula is C16H13FO2S. The number of thiophene rings is 1. The highest BCUT2D eigenvalue weighted by Crippen LogP contribution is 2.34. The smallest absolute Gasteiger partial charge is 0.165 e. The van der Waals surface area contributed by atoms with Crippen molar-refractivity contribution in [3.05, 3.63) is 64.8 Å². The summed E-state index contributed by atoms with van der Waals surface area (Å²) >= 11 is 1.58. The molecule has 4 heteroatoms. The van der Waals surface area contributed by atoms with E-state index in [1.807, 2.05) is 29.6 Å². The zero-order chi connectivity index (χ0) is 14.1. The molecule has 1 atom stereocenters. The quantitative estimate of drug-likeness (QED) is 0.785. The number of rotatable bonds is 3. The Morgan fingerprint density at radius 3 is 2.80 bits per heavy atom. The third-order valence-electron chi connectivity index (χ3n) is 3.30. The number of hydrogen-bond donors (Lipinski definition) is 1. The standard InChI is InChI=1S/C16H13FO2S/c1-19-14-8-10(6-7-13(14)17)16(18)12-9-20-15-5-3-2-4-11(12)15/h2-9,16,18H,1H3. The van der Waals surface area contributed by atoms with Crippen LogP contribution in [0.1, 0.15) is 17.2 Å². The lowest BCUT2D eigenvalue weighted by Gasteiger charge is -2.12. The Hall–Kier alpha value is -1.91. The Balaban J connectivity index is 2.06. The van der Waals surface area contributed by atoms with Crippen LogP contribution in [0.5, 0.6) is 5.75 Å². The summed E-state index contributed by atoms with van der Waals surface area (Å²) in [6.07, 6.45) is -0.791. The molecule has 0 saturated heterocycles. The fraction of sp³-hybridized carbons (Fsp3) is 0.125. The van der Waals surface area contributed by atoms with Gasteiger partial charge in [0.25, 0.3) is 0 Å². The summed E-state index contributed by atoms with van der Waals surface area (Å²) in [5.41, 5.74) is 1.45. The van der Waals surface area contributed by atoms with Crippen molar-refractivity contribution in [3.8, 4) is 5.75 Å². The first kappa shape index (κ1) is 13.1. The molecule has 0 aliphatic heterocycles. The lowest BCUT2D eigenvalue weighted by Crippen LogP contribution is -2.00. The number of fused-ring (bicyclic) bond motifs is 1. The summed E-state index contributed by atoms with van der Waals surface area (Å²) in [4.78, 5) is 0. The van der Waals surface area contributed by atoms with Crippen molar-refractivity contribution >= 4 is 21.4 Å². The van der Waals surface area contributed by atoms with Crippen LogP contribution in [-0.2, 0) is 0 Å². The molecule has 0 aliphatic carbocycles. The maximum atomic E-state index is 13.4. The second-order valence-corrected chi connectivity index (χ2v) is 5.39. The van der Waals surface area contributed by atoms with Gasteiger partial charge in [-0.2, -0.15) is 0 Å². The molecule has 3 aromatic rings. The molecule has 1 unspecified atom stereocenters. The third-order valence-corrected chi connectivity index (χ3v) is 4.28. The molecule has 3 rings (SSSR count). The Labute approximate surface area is 120 Å². The highest BCUT2D eigenvalue weighted by atomic mass is 32.1. The van der Waals surface area contributed by atoms with E-state index >= 15 is 0 Å². The van der Waals surface area contributed by atoms with E-state index in [1.54, 1.807) is 17.4 Å². The number of methoxy groups -OCH3 is 1. The highest BCUT2D eigenvalue weighted by molar-refractivity contribution is 7.17. The second kappa shape index (κ2) is 5.23. The molecule has 102 valence electrons. The topological polar surface area (TPSA) is 29.5 Å². The van der Waals surface area contributed by atoms with E-state index in [4.69, 9.17) is 4.74 Å². The van der Waals surface area contributed by atoms with Gasteiger partial charge < -0.3 is 9.84 Å². The lowest BCUT2D eigenvalue weighted by atomic mass is 10.0. The molecule has 2 aromatic carbocycles. The van der Waals surface area contributed by atoms with Crippen molar-refractivity contribution in [1.82, 2.24) is 0 Å². The molecule has 0 fully saturated rings. The molecule has 0 spiro atoms. The number of benzene rings is 2. The van der Waals surface area contributed by atoms with Gasteiger partial charge in [-0.3, -0.25) is 0 Å². The van der Waals surface area contributed by atoms with Crippen LogP contribution < -0.4 is 4.74 Å².